The summed E-state index contributed by atoms with van der Waals surface area (Å²) in [6.07, 6.45) is 4.40. The molecule has 1 saturated carbocycles. The molecule has 0 spiro atoms. The average molecular weight is 354 g/mol. The van der Waals surface area contributed by atoms with Crippen LogP contribution in [0.3, 0.4) is 0 Å². The SMILES string of the molecule is Cc1c(Br)cccc1C(=O)NC1(C(N)=NO)CCCCC1. The van der Waals surface area contributed by atoms with E-state index in [4.69, 9.17) is 10.9 Å². The van der Waals surface area contributed by atoms with Gasteiger partial charge in [-0.1, -0.05) is 46.4 Å². The predicted molar refractivity (Wildman–Crippen MR) is 85.6 cm³/mol. The van der Waals surface area contributed by atoms with Crippen LogP contribution < -0.4 is 11.1 Å². The van der Waals surface area contributed by atoms with Crippen molar-refractivity contribution in [2.24, 2.45) is 10.9 Å². The van der Waals surface area contributed by atoms with Crippen LogP contribution in [0, 0.1) is 6.92 Å². The van der Waals surface area contributed by atoms with Crippen molar-refractivity contribution in [3.8, 4) is 0 Å². The topological polar surface area (TPSA) is 87.7 Å². The molecule has 1 aliphatic carbocycles. The molecule has 0 heterocycles. The Morgan fingerprint density at radius 3 is 2.67 bits per heavy atom. The van der Waals surface area contributed by atoms with Gasteiger partial charge >= 0.3 is 0 Å². The fraction of sp³-hybridized carbons (Fsp3) is 0.467. The molecule has 1 aromatic rings. The molecule has 0 atom stereocenters. The molecule has 1 amide bonds. The van der Waals surface area contributed by atoms with E-state index in [-0.39, 0.29) is 11.7 Å². The molecule has 0 aliphatic heterocycles. The quantitative estimate of drug-likeness (QED) is 0.338. The molecule has 1 aromatic carbocycles. The zero-order valence-corrected chi connectivity index (χ0v) is 13.6. The number of nitrogens with one attached hydrogen (secondary N) is 1. The highest BCUT2D eigenvalue weighted by molar-refractivity contribution is 9.10. The molecule has 5 nitrogen and oxygen atoms in total. The van der Waals surface area contributed by atoms with Gasteiger partial charge in [-0.15, -0.1) is 0 Å². The normalized spacial score (nSPS) is 18.3. The number of nitrogens with two attached hydrogens (primary N) is 1. The van der Waals surface area contributed by atoms with Crippen molar-refractivity contribution in [2.45, 2.75) is 44.6 Å². The second kappa shape index (κ2) is 6.47. The minimum absolute atomic E-state index is 0.0863. The summed E-state index contributed by atoms with van der Waals surface area (Å²) in [4.78, 5) is 12.6. The Kier molecular flexibility index (Phi) is 4.88. The van der Waals surface area contributed by atoms with E-state index in [9.17, 15) is 4.79 Å². The number of oxime groups is 1. The number of carbonyl (C=O) groups is 1. The number of hydrogen-bond donors (Lipinski definition) is 3. The Balaban J connectivity index is 2.28. The second-order valence-electron chi connectivity index (χ2n) is 5.49. The van der Waals surface area contributed by atoms with Crippen molar-refractivity contribution in [1.82, 2.24) is 5.32 Å². The monoisotopic (exact) mass is 353 g/mol. The minimum Gasteiger partial charge on any atom is -0.409 e. The number of amidine groups is 1. The molecule has 1 fully saturated rings. The molecule has 0 saturated heterocycles. The van der Waals surface area contributed by atoms with E-state index in [2.05, 4.69) is 26.4 Å². The largest absolute Gasteiger partial charge is 0.409 e. The van der Waals surface area contributed by atoms with Gasteiger partial charge in [-0.3, -0.25) is 4.79 Å². The highest BCUT2D eigenvalue weighted by Gasteiger charge is 2.38. The molecule has 0 aromatic heterocycles. The van der Waals surface area contributed by atoms with Gasteiger partial charge in [-0.2, -0.15) is 0 Å². The Bertz CT molecular complexity index is 566. The van der Waals surface area contributed by atoms with E-state index in [1.54, 1.807) is 6.07 Å². The van der Waals surface area contributed by atoms with Crippen LogP contribution in [0.25, 0.3) is 0 Å². The lowest BCUT2D eigenvalue weighted by Gasteiger charge is -2.36. The molecular formula is C15H20BrN3O2. The van der Waals surface area contributed by atoms with Gasteiger partial charge < -0.3 is 16.3 Å². The predicted octanol–water partition coefficient (Wildman–Crippen LogP) is 2.94. The summed E-state index contributed by atoms with van der Waals surface area (Å²) in [6.45, 7) is 1.88. The number of hydrogen-bond acceptors (Lipinski definition) is 3. The van der Waals surface area contributed by atoms with Crippen molar-refractivity contribution < 1.29 is 10.0 Å². The van der Waals surface area contributed by atoms with Crippen LogP contribution in [-0.2, 0) is 0 Å². The summed E-state index contributed by atoms with van der Waals surface area (Å²) in [7, 11) is 0. The number of halogens is 1. The molecule has 0 unspecified atom stereocenters. The fourth-order valence-corrected chi connectivity index (χ4v) is 3.20. The third kappa shape index (κ3) is 3.20. The van der Waals surface area contributed by atoms with Crippen LogP contribution in [0.15, 0.2) is 27.8 Å². The molecule has 0 bridgehead atoms. The first-order valence-electron chi connectivity index (χ1n) is 7.06. The third-order valence-electron chi connectivity index (χ3n) is 4.17. The van der Waals surface area contributed by atoms with Crippen molar-refractivity contribution >= 4 is 27.7 Å². The summed E-state index contributed by atoms with van der Waals surface area (Å²) in [5.74, 6) is -0.106. The van der Waals surface area contributed by atoms with Crippen LogP contribution in [0.4, 0.5) is 0 Å². The maximum absolute atomic E-state index is 12.6. The van der Waals surface area contributed by atoms with Crippen LogP contribution in [0.5, 0.6) is 0 Å². The maximum atomic E-state index is 12.6. The molecular weight excluding hydrogens is 334 g/mol. The molecule has 114 valence electrons. The third-order valence-corrected chi connectivity index (χ3v) is 5.03. The van der Waals surface area contributed by atoms with E-state index >= 15 is 0 Å². The van der Waals surface area contributed by atoms with Gasteiger partial charge in [0, 0.05) is 10.0 Å². The standard InChI is InChI=1S/C15H20BrN3O2/c1-10-11(6-5-7-12(10)16)13(20)18-15(14(17)19-21)8-3-2-4-9-15/h5-7,21H,2-4,8-9H2,1H3,(H2,17,19)(H,18,20). The summed E-state index contributed by atoms with van der Waals surface area (Å²) in [5.41, 5.74) is 6.59. The van der Waals surface area contributed by atoms with Gasteiger partial charge in [0.15, 0.2) is 5.84 Å². The number of rotatable bonds is 3. The van der Waals surface area contributed by atoms with E-state index < -0.39 is 5.54 Å². The van der Waals surface area contributed by atoms with Crippen LogP contribution in [0.2, 0.25) is 0 Å². The average Bonchev–Trinajstić information content (AvgIpc) is 2.50. The molecule has 1 aliphatic rings. The van der Waals surface area contributed by atoms with Crippen molar-refractivity contribution in [1.29, 1.82) is 0 Å². The first kappa shape index (κ1) is 15.8. The zero-order chi connectivity index (χ0) is 15.5. The van der Waals surface area contributed by atoms with Crippen LogP contribution >= 0.6 is 15.9 Å². The van der Waals surface area contributed by atoms with Crippen molar-refractivity contribution in [3.05, 3.63) is 33.8 Å². The fourth-order valence-electron chi connectivity index (χ4n) is 2.83. The van der Waals surface area contributed by atoms with Gasteiger partial charge in [0.2, 0.25) is 0 Å². The maximum Gasteiger partial charge on any atom is 0.252 e. The molecule has 2 rings (SSSR count). The van der Waals surface area contributed by atoms with Crippen molar-refractivity contribution in [3.63, 3.8) is 0 Å². The summed E-state index contributed by atoms with van der Waals surface area (Å²) < 4.78 is 0.886. The first-order chi connectivity index (χ1) is 10.00. The Hall–Kier alpha value is -1.56. The Morgan fingerprint density at radius 2 is 2.05 bits per heavy atom. The number of benzene rings is 1. The first-order valence-corrected chi connectivity index (χ1v) is 7.85. The van der Waals surface area contributed by atoms with Gasteiger partial charge in [-0.05, 0) is 37.5 Å². The molecule has 21 heavy (non-hydrogen) atoms. The smallest absolute Gasteiger partial charge is 0.252 e. The summed E-state index contributed by atoms with van der Waals surface area (Å²) >= 11 is 3.43. The van der Waals surface area contributed by atoms with Crippen LogP contribution in [-0.4, -0.2) is 22.5 Å². The van der Waals surface area contributed by atoms with E-state index in [0.717, 1.165) is 29.3 Å². The lowest BCUT2D eigenvalue weighted by atomic mass is 9.80. The van der Waals surface area contributed by atoms with Gasteiger partial charge in [0.25, 0.3) is 5.91 Å². The number of amides is 1. The lowest BCUT2D eigenvalue weighted by molar-refractivity contribution is 0.0905. The van der Waals surface area contributed by atoms with Crippen LogP contribution in [0.1, 0.15) is 48.0 Å². The molecule has 0 radical (unpaired) electrons. The highest BCUT2D eigenvalue weighted by Crippen LogP contribution is 2.29. The van der Waals surface area contributed by atoms with Crippen molar-refractivity contribution in [2.75, 3.05) is 0 Å². The van der Waals surface area contributed by atoms with E-state index in [0.29, 0.717) is 18.4 Å². The minimum atomic E-state index is -0.737. The Labute approximate surface area is 132 Å². The van der Waals surface area contributed by atoms with Gasteiger partial charge in [0.05, 0.1) is 0 Å². The second-order valence-corrected chi connectivity index (χ2v) is 6.35. The zero-order valence-electron chi connectivity index (χ0n) is 12.0. The van der Waals surface area contributed by atoms with E-state index in [1.165, 1.54) is 0 Å². The highest BCUT2D eigenvalue weighted by atomic mass is 79.9. The van der Waals surface area contributed by atoms with Gasteiger partial charge in [0.1, 0.15) is 5.54 Å². The number of nitrogens with zero attached hydrogens (tertiary/aromatic N) is 1. The van der Waals surface area contributed by atoms with Gasteiger partial charge in [-0.25, -0.2) is 0 Å². The lowest BCUT2D eigenvalue weighted by Crippen LogP contribution is -2.58. The molecule has 6 heteroatoms. The van der Waals surface area contributed by atoms with E-state index in [1.807, 2.05) is 19.1 Å². The summed E-state index contributed by atoms with van der Waals surface area (Å²) in [6, 6.07) is 5.49. The number of carbonyl (C=O) groups excluding carboxylic acids is 1. The summed E-state index contributed by atoms with van der Waals surface area (Å²) in [5, 5.41) is 15.2. The molecule has 4 N–H and O–H groups in total. The Morgan fingerprint density at radius 1 is 1.38 bits per heavy atom.